The maximum Gasteiger partial charge on any atom is 0.204 e. The van der Waals surface area contributed by atoms with Crippen LogP contribution in [0.1, 0.15) is 26.7 Å². The Balaban J connectivity index is 2.34. The summed E-state index contributed by atoms with van der Waals surface area (Å²) in [4.78, 5) is 4.64. The number of para-hydroxylation sites is 2. The van der Waals surface area contributed by atoms with Crippen LogP contribution in [-0.2, 0) is 7.05 Å². The quantitative estimate of drug-likeness (QED) is 0.834. The highest BCUT2D eigenvalue weighted by Crippen LogP contribution is 2.24. The van der Waals surface area contributed by atoms with Crippen molar-refractivity contribution in [3.05, 3.63) is 24.3 Å². The zero-order valence-corrected chi connectivity index (χ0v) is 12.0. The minimum atomic E-state index is -0.00309. The molecule has 0 bridgehead atoms. The molecule has 0 aliphatic rings. The number of nitrogens with zero attached hydrogens (tertiary/aromatic N) is 2. The van der Waals surface area contributed by atoms with Crippen LogP contribution in [0.5, 0.6) is 0 Å². The summed E-state index contributed by atoms with van der Waals surface area (Å²) >= 11 is 5.88. The molecule has 98 valence electrons. The number of nitrogens with one attached hydrogen (secondary N) is 1. The first-order valence-electron chi connectivity index (χ1n) is 6.35. The van der Waals surface area contributed by atoms with Crippen LogP contribution < -0.4 is 5.32 Å². The van der Waals surface area contributed by atoms with Gasteiger partial charge in [0.05, 0.1) is 11.0 Å². The molecule has 0 aliphatic carbocycles. The summed E-state index contributed by atoms with van der Waals surface area (Å²) in [5, 5.41) is 3.53. The maximum atomic E-state index is 5.88. The van der Waals surface area contributed by atoms with Gasteiger partial charge >= 0.3 is 0 Å². The fourth-order valence-electron chi connectivity index (χ4n) is 2.06. The topological polar surface area (TPSA) is 29.9 Å². The van der Waals surface area contributed by atoms with E-state index in [1.807, 2.05) is 25.2 Å². The van der Waals surface area contributed by atoms with Crippen molar-refractivity contribution in [2.75, 3.05) is 11.2 Å². The van der Waals surface area contributed by atoms with E-state index in [1.165, 1.54) is 0 Å². The summed E-state index contributed by atoms with van der Waals surface area (Å²) in [5.74, 6) is 1.56. The third-order valence-corrected chi connectivity index (χ3v) is 3.82. The number of halogens is 1. The van der Waals surface area contributed by atoms with Crippen molar-refractivity contribution in [2.45, 2.75) is 32.2 Å². The summed E-state index contributed by atoms with van der Waals surface area (Å²) in [6, 6.07) is 8.16. The molecule has 3 nitrogen and oxygen atoms in total. The molecule has 1 unspecified atom stereocenters. The minimum Gasteiger partial charge on any atom is -0.350 e. The van der Waals surface area contributed by atoms with E-state index >= 15 is 0 Å². The lowest BCUT2D eigenvalue weighted by atomic mass is 9.96. The van der Waals surface area contributed by atoms with Crippen LogP contribution in [0.2, 0.25) is 0 Å². The number of hydrogen-bond donors (Lipinski definition) is 1. The van der Waals surface area contributed by atoms with Crippen molar-refractivity contribution in [3.63, 3.8) is 0 Å². The zero-order chi connectivity index (χ0) is 13.2. The van der Waals surface area contributed by atoms with E-state index in [-0.39, 0.29) is 5.54 Å². The molecule has 2 rings (SSSR count). The van der Waals surface area contributed by atoms with Crippen molar-refractivity contribution >= 4 is 28.6 Å². The molecule has 0 saturated heterocycles. The number of aromatic nitrogens is 2. The van der Waals surface area contributed by atoms with Crippen LogP contribution in [0.25, 0.3) is 11.0 Å². The monoisotopic (exact) mass is 265 g/mol. The van der Waals surface area contributed by atoms with Crippen molar-refractivity contribution in [2.24, 2.45) is 7.05 Å². The van der Waals surface area contributed by atoms with Gasteiger partial charge in [0.2, 0.25) is 5.95 Å². The predicted molar refractivity (Wildman–Crippen MR) is 78.4 cm³/mol. The SMILES string of the molecule is CCC(C)(CCCl)Nc1nc2ccccc2n1C. The first-order chi connectivity index (χ1) is 8.59. The van der Waals surface area contributed by atoms with E-state index in [4.69, 9.17) is 11.6 Å². The molecule has 1 atom stereocenters. The fourth-order valence-corrected chi connectivity index (χ4v) is 2.48. The standard InChI is InChI=1S/C14H20ClN3/c1-4-14(2,9-10-15)17-13-16-11-7-5-6-8-12(11)18(13)3/h5-8H,4,9-10H2,1-3H3,(H,16,17). The Kier molecular flexibility index (Phi) is 3.81. The Hall–Kier alpha value is -1.22. The lowest BCUT2D eigenvalue weighted by Crippen LogP contribution is -2.35. The Bertz CT molecular complexity index is 535. The van der Waals surface area contributed by atoms with Crippen molar-refractivity contribution in [1.29, 1.82) is 0 Å². The molecule has 4 heteroatoms. The highest BCUT2D eigenvalue weighted by atomic mass is 35.5. The number of aryl methyl sites for hydroxylation is 1. The van der Waals surface area contributed by atoms with E-state index < -0.39 is 0 Å². The van der Waals surface area contributed by atoms with Gasteiger partial charge in [-0.25, -0.2) is 4.98 Å². The van der Waals surface area contributed by atoms with Gasteiger partial charge in [-0.3, -0.25) is 0 Å². The molecule has 1 heterocycles. The number of alkyl halides is 1. The second-order valence-corrected chi connectivity index (χ2v) is 5.34. The summed E-state index contributed by atoms with van der Waals surface area (Å²) in [6.07, 6.45) is 1.94. The molecule has 0 spiro atoms. The number of hydrogen-bond acceptors (Lipinski definition) is 2. The second-order valence-electron chi connectivity index (χ2n) is 4.96. The molecule has 1 aromatic heterocycles. The lowest BCUT2D eigenvalue weighted by molar-refractivity contribution is 0.475. The van der Waals surface area contributed by atoms with E-state index in [0.717, 1.165) is 29.8 Å². The smallest absolute Gasteiger partial charge is 0.204 e. The van der Waals surface area contributed by atoms with Crippen LogP contribution in [0.3, 0.4) is 0 Å². The van der Waals surface area contributed by atoms with Crippen LogP contribution in [0.15, 0.2) is 24.3 Å². The average molecular weight is 266 g/mol. The second kappa shape index (κ2) is 5.19. The Morgan fingerprint density at radius 1 is 1.39 bits per heavy atom. The van der Waals surface area contributed by atoms with Crippen LogP contribution >= 0.6 is 11.6 Å². The number of fused-ring (bicyclic) bond motifs is 1. The lowest BCUT2D eigenvalue weighted by Gasteiger charge is -2.29. The van der Waals surface area contributed by atoms with Gasteiger partial charge in [0.1, 0.15) is 0 Å². The van der Waals surface area contributed by atoms with Gasteiger partial charge in [0.25, 0.3) is 0 Å². The van der Waals surface area contributed by atoms with Crippen LogP contribution in [0.4, 0.5) is 5.95 Å². The van der Waals surface area contributed by atoms with Crippen molar-refractivity contribution in [1.82, 2.24) is 9.55 Å². The molecular weight excluding hydrogens is 246 g/mol. The third kappa shape index (κ3) is 2.46. The molecule has 2 aromatic rings. The maximum absolute atomic E-state index is 5.88. The summed E-state index contributed by atoms with van der Waals surface area (Å²) < 4.78 is 2.09. The summed E-state index contributed by atoms with van der Waals surface area (Å²) in [5.41, 5.74) is 2.16. The number of rotatable bonds is 5. The molecule has 0 aliphatic heterocycles. The van der Waals surface area contributed by atoms with Gasteiger partial charge in [-0.1, -0.05) is 19.1 Å². The van der Waals surface area contributed by atoms with Crippen LogP contribution in [-0.4, -0.2) is 21.0 Å². The molecule has 18 heavy (non-hydrogen) atoms. The fraction of sp³-hybridized carbons (Fsp3) is 0.500. The first-order valence-corrected chi connectivity index (χ1v) is 6.88. The van der Waals surface area contributed by atoms with Gasteiger partial charge in [0, 0.05) is 18.5 Å². The van der Waals surface area contributed by atoms with Crippen molar-refractivity contribution in [3.8, 4) is 0 Å². The Morgan fingerprint density at radius 3 is 2.72 bits per heavy atom. The normalized spacial score (nSPS) is 14.7. The molecular formula is C14H20ClN3. The molecule has 1 N–H and O–H groups in total. The van der Waals surface area contributed by atoms with Gasteiger partial charge in [0.15, 0.2) is 0 Å². The average Bonchev–Trinajstić information content (AvgIpc) is 2.67. The van der Waals surface area contributed by atoms with Gasteiger partial charge in [-0.2, -0.15) is 0 Å². The van der Waals surface area contributed by atoms with Crippen molar-refractivity contribution < 1.29 is 0 Å². The van der Waals surface area contributed by atoms with E-state index in [0.29, 0.717) is 5.88 Å². The van der Waals surface area contributed by atoms with E-state index in [9.17, 15) is 0 Å². The van der Waals surface area contributed by atoms with Gasteiger partial charge in [-0.15, -0.1) is 11.6 Å². The van der Waals surface area contributed by atoms with Gasteiger partial charge < -0.3 is 9.88 Å². The highest BCUT2D eigenvalue weighted by Gasteiger charge is 2.23. The zero-order valence-electron chi connectivity index (χ0n) is 11.2. The molecule has 0 radical (unpaired) electrons. The molecule has 0 amide bonds. The summed E-state index contributed by atoms with van der Waals surface area (Å²) in [7, 11) is 2.04. The van der Waals surface area contributed by atoms with E-state index in [1.54, 1.807) is 0 Å². The highest BCUT2D eigenvalue weighted by molar-refractivity contribution is 6.17. The molecule has 1 aromatic carbocycles. The number of benzene rings is 1. The third-order valence-electron chi connectivity index (χ3n) is 3.63. The predicted octanol–water partition coefficient (Wildman–Crippen LogP) is 3.78. The largest absolute Gasteiger partial charge is 0.350 e. The summed E-state index contributed by atoms with van der Waals surface area (Å²) in [6.45, 7) is 4.36. The Morgan fingerprint density at radius 2 is 2.11 bits per heavy atom. The van der Waals surface area contributed by atoms with Gasteiger partial charge in [-0.05, 0) is 31.9 Å². The van der Waals surface area contributed by atoms with E-state index in [2.05, 4.69) is 34.8 Å². The molecule has 0 saturated carbocycles. The number of imidazole rings is 1. The first kappa shape index (κ1) is 13.2. The molecule has 0 fully saturated rings. The Labute approximate surface area is 113 Å². The number of anilines is 1. The van der Waals surface area contributed by atoms with Crippen LogP contribution in [0, 0.1) is 0 Å². The minimum absolute atomic E-state index is 0.00309.